The Bertz CT molecular complexity index is 355. The summed E-state index contributed by atoms with van der Waals surface area (Å²) in [5, 5.41) is 0. The summed E-state index contributed by atoms with van der Waals surface area (Å²) >= 11 is 0. The molecule has 1 unspecified atom stereocenters. The van der Waals surface area contributed by atoms with E-state index >= 15 is 0 Å². The van der Waals surface area contributed by atoms with Gasteiger partial charge in [-0.1, -0.05) is 20.8 Å². The third-order valence-electron chi connectivity index (χ3n) is 4.63. The van der Waals surface area contributed by atoms with Gasteiger partial charge in [-0.2, -0.15) is 0 Å². The number of hydrogen-bond acceptors (Lipinski definition) is 4. The second kappa shape index (κ2) is 6.59. The molecule has 1 atom stereocenters. The van der Waals surface area contributed by atoms with E-state index in [0.717, 1.165) is 6.42 Å². The maximum absolute atomic E-state index is 12.3. The zero-order chi connectivity index (χ0) is 15.4. The van der Waals surface area contributed by atoms with Crippen molar-refractivity contribution < 1.29 is 19.1 Å². The van der Waals surface area contributed by atoms with Crippen LogP contribution < -0.4 is 0 Å². The Morgan fingerprint density at radius 3 is 2.45 bits per heavy atom. The van der Waals surface area contributed by atoms with Crippen molar-refractivity contribution >= 4 is 11.9 Å². The highest BCUT2D eigenvalue weighted by Gasteiger charge is 2.45. The SMILES string of the molecule is CCC(C)(C)C(=O)OC1CCCC(=O)OC1(CC)CC. The molecular weight excluding hydrogens is 256 g/mol. The Labute approximate surface area is 122 Å². The molecule has 0 N–H and O–H groups in total. The lowest BCUT2D eigenvalue weighted by Crippen LogP contribution is -2.47. The van der Waals surface area contributed by atoms with Crippen LogP contribution in [0.1, 0.15) is 73.1 Å². The molecule has 0 amide bonds. The number of esters is 2. The van der Waals surface area contributed by atoms with Gasteiger partial charge >= 0.3 is 11.9 Å². The molecule has 1 saturated heterocycles. The van der Waals surface area contributed by atoms with E-state index < -0.39 is 11.0 Å². The van der Waals surface area contributed by atoms with Crippen LogP contribution in [0.3, 0.4) is 0 Å². The highest BCUT2D eigenvalue weighted by atomic mass is 16.6. The molecule has 1 rings (SSSR count). The third kappa shape index (κ3) is 3.53. The molecule has 0 saturated carbocycles. The highest BCUT2D eigenvalue weighted by Crippen LogP contribution is 2.35. The fourth-order valence-electron chi connectivity index (χ4n) is 2.49. The minimum atomic E-state index is -0.660. The Morgan fingerprint density at radius 2 is 1.95 bits per heavy atom. The fourth-order valence-corrected chi connectivity index (χ4v) is 2.49. The first kappa shape index (κ1) is 17.0. The number of ether oxygens (including phenoxy) is 2. The summed E-state index contributed by atoms with van der Waals surface area (Å²) < 4.78 is 11.4. The van der Waals surface area contributed by atoms with Gasteiger partial charge in [0.2, 0.25) is 0 Å². The van der Waals surface area contributed by atoms with E-state index in [2.05, 4.69) is 0 Å². The van der Waals surface area contributed by atoms with E-state index in [4.69, 9.17) is 9.47 Å². The second-order valence-corrected chi connectivity index (χ2v) is 6.27. The van der Waals surface area contributed by atoms with Crippen molar-refractivity contribution in [3.8, 4) is 0 Å². The van der Waals surface area contributed by atoms with Gasteiger partial charge in [-0.05, 0) is 46.0 Å². The quantitative estimate of drug-likeness (QED) is 0.723. The highest BCUT2D eigenvalue weighted by molar-refractivity contribution is 5.76. The van der Waals surface area contributed by atoms with Gasteiger partial charge in [-0.15, -0.1) is 0 Å². The Morgan fingerprint density at radius 1 is 1.35 bits per heavy atom. The predicted molar refractivity (Wildman–Crippen MR) is 77.2 cm³/mol. The van der Waals surface area contributed by atoms with Crippen molar-refractivity contribution in [3.63, 3.8) is 0 Å². The van der Waals surface area contributed by atoms with Crippen LogP contribution in [0.15, 0.2) is 0 Å². The maximum atomic E-state index is 12.3. The van der Waals surface area contributed by atoms with Gasteiger partial charge in [-0.3, -0.25) is 9.59 Å². The molecule has 0 bridgehead atoms. The Kier molecular flexibility index (Phi) is 5.60. The fraction of sp³-hybridized carbons (Fsp3) is 0.875. The van der Waals surface area contributed by atoms with Gasteiger partial charge in [0.15, 0.2) is 0 Å². The lowest BCUT2D eigenvalue weighted by atomic mass is 9.86. The van der Waals surface area contributed by atoms with Crippen molar-refractivity contribution in [2.75, 3.05) is 0 Å². The summed E-state index contributed by atoms with van der Waals surface area (Å²) in [6, 6.07) is 0. The summed E-state index contributed by atoms with van der Waals surface area (Å²) in [5.41, 5.74) is -1.16. The minimum absolute atomic E-state index is 0.179. The van der Waals surface area contributed by atoms with Crippen LogP contribution >= 0.6 is 0 Å². The third-order valence-corrected chi connectivity index (χ3v) is 4.63. The molecule has 0 aromatic heterocycles. The summed E-state index contributed by atoms with van der Waals surface area (Å²) in [5.74, 6) is -0.378. The number of cyclic esters (lactones) is 1. The summed E-state index contributed by atoms with van der Waals surface area (Å²) in [6.45, 7) is 9.71. The summed E-state index contributed by atoms with van der Waals surface area (Å²) in [6.07, 6.45) is 3.54. The molecule has 0 radical (unpaired) electrons. The zero-order valence-electron chi connectivity index (χ0n) is 13.5. The minimum Gasteiger partial charge on any atom is -0.458 e. The second-order valence-electron chi connectivity index (χ2n) is 6.27. The standard InChI is InChI=1S/C16H28O4/c1-6-15(4,5)14(18)19-12-10-9-11-13(17)20-16(12,7-2)8-3/h12H,6-11H2,1-5H3. The predicted octanol–water partition coefficient (Wildman–Crippen LogP) is 3.62. The van der Waals surface area contributed by atoms with Crippen LogP contribution in [0.4, 0.5) is 0 Å². The first-order chi connectivity index (χ1) is 9.31. The number of rotatable bonds is 5. The van der Waals surface area contributed by atoms with E-state index in [9.17, 15) is 9.59 Å². The van der Waals surface area contributed by atoms with Crippen molar-refractivity contribution in [2.24, 2.45) is 5.41 Å². The van der Waals surface area contributed by atoms with Crippen LogP contribution in [0.5, 0.6) is 0 Å². The molecule has 1 aliphatic rings. The van der Waals surface area contributed by atoms with Crippen LogP contribution in [0, 0.1) is 5.41 Å². The zero-order valence-corrected chi connectivity index (χ0v) is 13.5. The normalized spacial score (nSPS) is 22.9. The van der Waals surface area contributed by atoms with E-state index in [1.807, 2.05) is 34.6 Å². The van der Waals surface area contributed by atoms with Gasteiger partial charge in [0.1, 0.15) is 11.7 Å². The molecule has 1 fully saturated rings. The van der Waals surface area contributed by atoms with Gasteiger partial charge in [0.25, 0.3) is 0 Å². The molecule has 20 heavy (non-hydrogen) atoms. The molecule has 4 nitrogen and oxygen atoms in total. The average molecular weight is 284 g/mol. The largest absolute Gasteiger partial charge is 0.458 e. The van der Waals surface area contributed by atoms with Crippen molar-refractivity contribution in [3.05, 3.63) is 0 Å². The van der Waals surface area contributed by atoms with E-state index in [0.29, 0.717) is 32.1 Å². The summed E-state index contributed by atoms with van der Waals surface area (Å²) in [4.78, 5) is 24.1. The van der Waals surface area contributed by atoms with Crippen molar-refractivity contribution in [1.82, 2.24) is 0 Å². The van der Waals surface area contributed by atoms with Crippen LogP contribution in [0.2, 0.25) is 0 Å². The molecular formula is C16H28O4. The van der Waals surface area contributed by atoms with Gasteiger partial charge < -0.3 is 9.47 Å². The average Bonchev–Trinajstić information content (AvgIpc) is 2.58. The van der Waals surface area contributed by atoms with Crippen molar-refractivity contribution in [2.45, 2.75) is 84.8 Å². The van der Waals surface area contributed by atoms with Gasteiger partial charge in [0.05, 0.1) is 5.41 Å². The van der Waals surface area contributed by atoms with Gasteiger partial charge in [0, 0.05) is 6.42 Å². The number of carbonyl (C=O) groups excluding carboxylic acids is 2. The van der Waals surface area contributed by atoms with Crippen molar-refractivity contribution in [1.29, 1.82) is 0 Å². The molecule has 0 aliphatic carbocycles. The molecule has 116 valence electrons. The van der Waals surface area contributed by atoms with E-state index in [1.54, 1.807) is 0 Å². The molecule has 0 spiro atoms. The first-order valence-electron chi connectivity index (χ1n) is 7.74. The Hall–Kier alpha value is -1.06. The van der Waals surface area contributed by atoms with Crippen LogP contribution in [-0.2, 0) is 19.1 Å². The van der Waals surface area contributed by atoms with Crippen LogP contribution in [0.25, 0.3) is 0 Å². The molecule has 1 aliphatic heterocycles. The topological polar surface area (TPSA) is 52.6 Å². The Balaban J connectivity index is 2.94. The molecule has 1 heterocycles. The summed E-state index contributed by atoms with van der Waals surface area (Å²) in [7, 11) is 0. The van der Waals surface area contributed by atoms with Crippen LogP contribution in [-0.4, -0.2) is 23.6 Å². The smallest absolute Gasteiger partial charge is 0.311 e. The van der Waals surface area contributed by atoms with E-state index in [-0.39, 0.29) is 18.0 Å². The lowest BCUT2D eigenvalue weighted by molar-refractivity contribution is -0.190. The molecule has 0 aromatic rings. The van der Waals surface area contributed by atoms with E-state index in [1.165, 1.54) is 0 Å². The maximum Gasteiger partial charge on any atom is 0.311 e. The molecule has 0 aromatic carbocycles. The van der Waals surface area contributed by atoms with Gasteiger partial charge in [-0.25, -0.2) is 0 Å². The number of carbonyl (C=O) groups is 2. The lowest BCUT2D eigenvalue weighted by Gasteiger charge is -2.38. The molecule has 4 heteroatoms. The first-order valence-corrected chi connectivity index (χ1v) is 7.74. The monoisotopic (exact) mass is 284 g/mol. The number of hydrogen-bond donors (Lipinski definition) is 0.